The van der Waals surface area contributed by atoms with Crippen LogP contribution in [0.3, 0.4) is 0 Å². The van der Waals surface area contributed by atoms with E-state index in [9.17, 15) is 31.1 Å². The minimum absolute atomic E-state index is 0.0156. The van der Waals surface area contributed by atoms with Crippen molar-refractivity contribution in [2.24, 2.45) is 0 Å². The van der Waals surface area contributed by atoms with E-state index in [1.54, 1.807) is 0 Å². The molecule has 1 atom stereocenters. The smallest absolute Gasteiger partial charge is 0.361 e. The molecule has 0 aromatic carbocycles. The van der Waals surface area contributed by atoms with Crippen molar-refractivity contribution >= 4 is 15.5 Å². The van der Waals surface area contributed by atoms with Crippen LogP contribution >= 0.6 is 0 Å². The van der Waals surface area contributed by atoms with E-state index in [2.05, 4.69) is 15.3 Å². The monoisotopic (exact) mass is 420 g/mol. The van der Waals surface area contributed by atoms with Crippen LogP contribution in [0.15, 0.2) is 30.6 Å². The van der Waals surface area contributed by atoms with Crippen molar-refractivity contribution in [1.82, 2.24) is 14.9 Å². The Kier molecular flexibility index (Phi) is 5.55. The third kappa shape index (κ3) is 4.75. The average molecular weight is 420 g/mol. The fraction of sp³-hybridized carbons (Fsp3) is 0.375. The van der Waals surface area contributed by atoms with Crippen LogP contribution in [-0.2, 0) is 16.0 Å². The fourth-order valence-electron chi connectivity index (χ4n) is 2.71. The Labute approximate surface area is 158 Å². The summed E-state index contributed by atoms with van der Waals surface area (Å²) in [6.45, 7) is -0.0311. The van der Waals surface area contributed by atoms with E-state index < -0.39 is 39.6 Å². The van der Waals surface area contributed by atoms with Crippen molar-refractivity contribution in [3.8, 4) is 11.3 Å². The van der Waals surface area contributed by atoms with Gasteiger partial charge in [0.05, 0.1) is 29.1 Å². The number of anilines is 1. The van der Waals surface area contributed by atoms with Crippen LogP contribution in [0.4, 0.5) is 23.2 Å². The van der Waals surface area contributed by atoms with Gasteiger partial charge in [-0.25, -0.2) is 17.8 Å². The summed E-state index contributed by atoms with van der Waals surface area (Å²) < 4.78 is 76.5. The standard InChI is InChI=1S/C16H16F4N4O3S/c17-11-7-10(8-21-9-11)12-1-2-13(14(22-12)16(18,19)20)23-15(25)24-3-5-28(26,27)6-4-24/h1-2,7-9,15,23,25H,3-6H2. The van der Waals surface area contributed by atoms with Gasteiger partial charge in [-0.2, -0.15) is 13.2 Å². The topological polar surface area (TPSA) is 95.4 Å². The molecule has 2 N–H and O–H groups in total. The molecular weight excluding hydrogens is 404 g/mol. The van der Waals surface area contributed by atoms with E-state index in [0.717, 1.165) is 18.3 Å². The number of nitrogens with one attached hydrogen (secondary N) is 1. The quantitative estimate of drug-likeness (QED) is 0.575. The molecule has 7 nitrogen and oxygen atoms in total. The predicted molar refractivity (Wildman–Crippen MR) is 92.3 cm³/mol. The van der Waals surface area contributed by atoms with Gasteiger partial charge in [-0.15, -0.1) is 0 Å². The fourth-order valence-corrected chi connectivity index (χ4v) is 3.94. The molecule has 28 heavy (non-hydrogen) atoms. The number of aliphatic hydroxyl groups excluding tert-OH is 1. The first-order valence-corrected chi connectivity index (χ1v) is 9.95. The molecule has 3 rings (SSSR count). The van der Waals surface area contributed by atoms with E-state index in [4.69, 9.17) is 0 Å². The molecule has 0 aliphatic carbocycles. The minimum atomic E-state index is -4.84. The molecule has 1 aliphatic rings. The Balaban J connectivity index is 1.86. The molecule has 12 heteroatoms. The van der Waals surface area contributed by atoms with Gasteiger partial charge in [0.1, 0.15) is 5.82 Å². The first-order valence-electron chi connectivity index (χ1n) is 8.13. The highest BCUT2D eigenvalue weighted by Gasteiger charge is 2.37. The molecule has 0 spiro atoms. The molecule has 1 fully saturated rings. The van der Waals surface area contributed by atoms with Gasteiger partial charge in [0.15, 0.2) is 21.9 Å². The highest BCUT2D eigenvalue weighted by molar-refractivity contribution is 7.91. The number of rotatable bonds is 4. The number of sulfone groups is 1. The number of hydrogen-bond acceptors (Lipinski definition) is 7. The van der Waals surface area contributed by atoms with E-state index in [0.29, 0.717) is 0 Å². The molecule has 0 radical (unpaired) electrons. The lowest BCUT2D eigenvalue weighted by molar-refractivity contribution is -0.140. The van der Waals surface area contributed by atoms with Crippen LogP contribution in [0.2, 0.25) is 0 Å². The van der Waals surface area contributed by atoms with E-state index >= 15 is 0 Å². The number of aromatic nitrogens is 2. The summed E-state index contributed by atoms with van der Waals surface area (Å²) in [7, 11) is -3.20. The lowest BCUT2D eigenvalue weighted by atomic mass is 10.1. The number of alkyl halides is 3. The Bertz CT molecular complexity index is 955. The normalized spacial score (nSPS) is 18.6. The summed E-state index contributed by atoms with van der Waals surface area (Å²) in [5.74, 6) is -1.10. The van der Waals surface area contributed by atoms with Crippen molar-refractivity contribution in [3.05, 3.63) is 42.1 Å². The van der Waals surface area contributed by atoms with Gasteiger partial charge in [0.2, 0.25) is 0 Å². The summed E-state index contributed by atoms with van der Waals surface area (Å²) in [6, 6.07) is 3.31. The third-order valence-electron chi connectivity index (χ3n) is 4.17. The summed E-state index contributed by atoms with van der Waals surface area (Å²) >= 11 is 0. The molecule has 0 bridgehead atoms. The molecule has 1 unspecified atom stereocenters. The predicted octanol–water partition coefficient (Wildman–Crippen LogP) is 1.72. The van der Waals surface area contributed by atoms with Crippen molar-refractivity contribution in [1.29, 1.82) is 0 Å². The molecule has 3 heterocycles. The largest absolute Gasteiger partial charge is 0.435 e. The van der Waals surface area contributed by atoms with Gasteiger partial charge in [0.25, 0.3) is 0 Å². The van der Waals surface area contributed by atoms with Crippen molar-refractivity contribution in [2.75, 3.05) is 29.9 Å². The molecular formula is C16H16F4N4O3S. The molecule has 152 valence electrons. The summed E-state index contributed by atoms with van der Waals surface area (Å²) in [6.07, 6.45) is -4.27. The van der Waals surface area contributed by atoms with Gasteiger partial charge in [-0.05, 0) is 18.2 Å². The maximum atomic E-state index is 13.5. The zero-order valence-corrected chi connectivity index (χ0v) is 15.1. The van der Waals surface area contributed by atoms with Gasteiger partial charge in [-0.3, -0.25) is 9.88 Å². The second kappa shape index (κ2) is 7.60. The summed E-state index contributed by atoms with van der Waals surface area (Å²) in [5.41, 5.74) is -1.85. The van der Waals surface area contributed by atoms with Crippen LogP contribution in [0.1, 0.15) is 5.69 Å². The lowest BCUT2D eigenvalue weighted by Crippen LogP contribution is -2.49. The third-order valence-corrected chi connectivity index (χ3v) is 5.78. The number of pyridine rings is 2. The highest BCUT2D eigenvalue weighted by atomic mass is 32.2. The Morgan fingerprint density at radius 1 is 1.18 bits per heavy atom. The number of halogens is 4. The molecule has 0 saturated carbocycles. The van der Waals surface area contributed by atoms with Crippen LogP contribution in [0.25, 0.3) is 11.3 Å². The molecule has 1 aliphatic heterocycles. The first-order chi connectivity index (χ1) is 13.0. The van der Waals surface area contributed by atoms with Gasteiger partial charge >= 0.3 is 6.18 Å². The van der Waals surface area contributed by atoms with Gasteiger partial charge in [-0.1, -0.05) is 0 Å². The van der Waals surface area contributed by atoms with E-state index in [1.165, 1.54) is 17.2 Å². The van der Waals surface area contributed by atoms with Crippen molar-refractivity contribution < 1.29 is 31.1 Å². The van der Waals surface area contributed by atoms with E-state index in [-0.39, 0.29) is 35.9 Å². The molecule has 1 saturated heterocycles. The highest BCUT2D eigenvalue weighted by Crippen LogP contribution is 2.35. The second-order valence-corrected chi connectivity index (χ2v) is 8.49. The van der Waals surface area contributed by atoms with Crippen molar-refractivity contribution in [2.45, 2.75) is 12.5 Å². The Hall–Kier alpha value is -2.31. The van der Waals surface area contributed by atoms with Crippen LogP contribution < -0.4 is 5.32 Å². The first kappa shape index (κ1) is 20.4. The zero-order chi connectivity index (χ0) is 20.5. The zero-order valence-electron chi connectivity index (χ0n) is 14.3. The number of hydrogen-bond donors (Lipinski definition) is 2. The number of nitrogens with zero attached hydrogens (tertiary/aromatic N) is 3. The maximum absolute atomic E-state index is 13.5. The van der Waals surface area contributed by atoms with Crippen LogP contribution in [-0.4, -0.2) is 59.3 Å². The van der Waals surface area contributed by atoms with Gasteiger partial charge in [0, 0.05) is 24.8 Å². The number of aliphatic hydroxyl groups is 1. The average Bonchev–Trinajstić information content (AvgIpc) is 2.61. The minimum Gasteiger partial charge on any atom is -0.361 e. The second-order valence-electron chi connectivity index (χ2n) is 6.19. The SMILES string of the molecule is O=S1(=O)CCN(C(O)Nc2ccc(-c3cncc(F)c3)nc2C(F)(F)F)CC1. The lowest BCUT2D eigenvalue weighted by Gasteiger charge is -2.32. The Morgan fingerprint density at radius 3 is 2.46 bits per heavy atom. The van der Waals surface area contributed by atoms with Gasteiger partial charge < -0.3 is 10.4 Å². The maximum Gasteiger partial charge on any atom is 0.435 e. The Morgan fingerprint density at radius 2 is 1.86 bits per heavy atom. The molecule has 2 aromatic rings. The summed E-state index contributed by atoms with van der Waals surface area (Å²) in [5, 5.41) is 12.5. The summed E-state index contributed by atoms with van der Waals surface area (Å²) in [4.78, 5) is 8.46. The van der Waals surface area contributed by atoms with Crippen molar-refractivity contribution in [3.63, 3.8) is 0 Å². The van der Waals surface area contributed by atoms with E-state index in [1.807, 2.05) is 0 Å². The molecule has 0 amide bonds. The van der Waals surface area contributed by atoms with Crippen LogP contribution in [0.5, 0.6) is 0 Å². The van der Waals surface area contributed by atoms with Crippen LogP contribution in [0, 0.1) is 5.82 Å². The molecule has 2 aromatic heterocycles.